The molecule has 0 bridgehead atoms. The van der Waals surface area contributed by atoms with Crippen LogP contribution >= 0.6 is 0 Å². The van der Waals surface area contributed by atoms with Crippen LogP contribution in [-0.4, -0.2) is 63.5 Å². The van der Waals surface area contributed by atoms with Crippen LogP contribution < -0.4 is 0 Å². The van der Waals surface area contributed by atoms with Crippen LogP contribution in [0, 0.1) is 0 Å². The first kappa shape index (κ1) is 11.6. The first-order chi connectivity index (χ1) is 6.59. The minimum atomic E-state index is -0.932. The molecule has 1 unspecified atom stereocenters. The van der Waals surface area contributed by atoms with Gasteiger partial charge in [0, 0.05) is 32.4 Å². The zero-order valence-corrected chi connectivity index (χ0v) is 9.13. The summed E-state index contributed by atoms with van der Waals surface area (Å²) in [6.07, 6.45) is 2.54. The van der Waals surface area contributed by atoms with E-state index in [1.807, 2.05) is 9.21 Å². The van der Waals surface area contributed by atoms with Gasteiger partial charge in [-0.15, -0.1) is 0 Å². The highest BCUT2D eigenvalue weighted by Crippen LogP contribution is 2.03. The van der Waals surface area contributed by atoms with Crippen molar-refractivity contribution in [3.8, 4) is 0 Å². The first-order valence-corrected chi connectivity index (χ1v) is 6.13. The van der Waals surface area contributed by atoms with Gasteiger partial charge in [0.25, 0.3) is 0 Å². The summed E-state index contributed by atoms with van der Waals surface area (Å²) in [6, 6.07) is 0. The zero-order chi connectivity index (χ0) is 10.6. The molecule has 1 saturated heterocycles. The Morgan fingerprint density at radius 2 is 2.07 bits per heavy atom. The molecule has 1 aliphatic rings. The summed E-state index contributed by atoms with van der Waals surface area (Å²) in [5, 5.41) is 8.62. The number of hydrogen-bond acceptors (Lipinski definition) is 3. The van der Waals surface area contributed by atoms with Gasteiger partial charge in [-0.2, -0.15) is 0 Å². The van der Waals surface area contributed by atoms with Crippen molar-refractivity contribution >= 4 is 17.0 Å². The fourth-order valence-electron chi connectivity index (χ4n) is 1.55. The number of nitrogens with zero attached hydrogens (tertiary/aromatic N) is 2. The molecule has 1 rings (SSSR count). The number of carboxylic acids is 1. The van der Waals surface area contributed by atoms with Crippen LogP contribution in [0.5, 0.6) is 0 Å². The monoisotopic (exact) mass is 220 g/mol. The van der Waals surface area contributed by atoms with Crippen molar-refractivity contribution in [1.29, 1.82) is 0 Å². The Balaban J connectivity index is 2.40. The molecule has 1 atom stereocenters. The van der Waals surface area contributed by atoms with E-state index >= 15 is 0 Å². The molecule has 1 N–H and O–H groups in total. The molecule has 0 aliphatic carbocycles. The van der Waals surface area contributed by atoms with E-state index in [4.69, 9.17) is 5.11 Å². The lowest BCUT2D eigenvalue weighted by Crippen LogP contribution is -2.34. The van der Waals surface area contributed by atoms with Crippen LogP contribution in [0.2, 0.25) is 0 Å². The van der Waals surface area contributed by atoms with Crippen LogP contribution in [0.15, 0.2) is 0 Å². The largest absolute Gasteiger partial charge is 0.480 e. The summed E-state index contributed by atoms with van der Waals surface area (Å²) in [7, 11) is -0.932. The average Bonchev–Trinajstić information content (AvgIpc) is 2.28. The second kappa shape index (κ2) is 5.43. The van der Waals surface area contributed by atoms with E-state index in [0.717, 1.165) is 19.5 Å². The zero-order valence-electron chi connectivity index (χ0n) is 8.31. The maximum Gasteiger partial charge on any atom is 0.317 e. The molecule has 1 heterocycles. The second-order valence-electron chi connectivity index (χ2n) is 3.38. The third-order valence-corrected chi connectivity index (χ3v) is 3.36. The van der Waals surface area contributed by atoms with Crippen molar-refractivity contribution in [2.75, 3.05) is 39.0 Å². The predicted molar refractivity (Wildman–Crippen MR) is 54.3 cm³/mol. The molecule has 0 aromatic heterocycles. The predicted octanol–water partition coefficient (Wildman–Crippen LogP) is -0.628. The smallest absolute Gasteiger partial charge is 0.317 e. The van der Waals surface area contributed by atoms with E-state index in [9.17, 15) is 9.00 Å². The minimum absolute atomic E-state index is 0.0875. The fourth-order valence-corrected chi connectivity index (χ4v) is 2.28. The third kappa shape index (κ3) is 3.73. The minimum Gasteiger partial charge on any atom is -0.480 e. The highest BCUT2D eigenvalue weighted by molar-refractivity contribution is 7.81. The normalized spacial score (nSPS) is 22.9. The highest BCUT2D eigenvalue weighted by Gasteiger charge is 2.17. The Labute approximate surface area is 86.3 Å². The lowest BCUT2D eigenvalue weighted by molar-refractivity contribution is -0.138. The van der Waals surface area contributed by atoms with E-state index in [1.165, 1.54) is 0 Å². The third-order valence-electron chi connectivity index (χ3n) is 2.27. The van der Waals surface area contributed by atoms with Crippen LogP contribution in [-0.2, 0) is 15.8 Å². The van der Waals surface area contributed by atoms with Gasteiger partial charge in [-0.25, -0.2) is 8.51 Å². The Morgan fingerprint density at radius 3 is 2.64 bits per heavy atom. The quantitative estimate of drug-likeness (QED) is 0.688. The van der Waals surface area contributed by atoms with Crippen LogP contribution in [0.1, 0.15) is 6.42 Å². The van der Waals surface area contributed by atoms with E-state index in [2.05, 4.69) is 0 Å². The van der Waals surface area contributed by atoms with Gasteiger partial charge in [0.2, 0.25) is 0 Å². The number of rotatable bonds is 3. The van der Waals surface area contributed by atoms with Crippen molar-refractivity contribution < 1.29 is 14.1 Å². The molecule has 1 aliphatic heterocycles. The van der Waals surface area contributed by atoms with Gasteiger partial charge in [0.1, 0.15) is 0 Å². The molecular weight excluding hydrogens is 204 g/mol. The molecule has 6 heteroatoms. The molecule has 82 valence electrons. The van der Waals surface area contributed by atoms with Crippen LogP contribution in [0.25, 0.3) is 0 Å². The molecule has 0 amide bonds. The van der Waals surface area contributed by atoms with Gasteiger partial charge in [-0.05, 0) is 6.42 Å². The molecule has 14 heavy (non-hydrogen) atoms. The Morgan fingerprint density at radius 1 is 1.36 bits per heavy atom. The maximum absolute atomic E-state index is 11.2. The average molecular weight is 220 g/mol. The lowest BCUT2D eigenvalue weighted by Gasteiger charge is -2.18. The van der Waals surface area contributed by atoms with E-state index in [0.29, 0.717) is 13.1 Å². The maximum atomic E-state index is 11.2. The molecule has 1 fully saturated rings. The molecule has 0 spiro atoms. The molecule has 0 radical (unpaired) electrons. The lowest BCUT2D eigenvalue weighted by atomic mass is 10.4. The summed E-state index contributed by atoms with van der Waals surface area (Å²) in [5.74, 6) is -0.795. The SMILES string of the molecule is CS(=O)N1CCCN(CC(=O)O)CC1. The van der Waals surface area contributed by atoms with Gasteiger partial charge in [-0.3, -0.25) is 9.69 Å². The number of carbonyl (C=O) groups is 1. The van der Waals surface area contributed by atoms with Gasteiger partial charge in [0.15, 0.2) is 0 Å². The van der Waals surface area contributed by atoms with Crippen molar-refractivity contribution in [3.05, 3.63) is 0 Å². The second-order valence-corrected chi connectivity index (χ2v) is 4.74. The highest BCUT2D eigenvalue weighted by atomic mass is 32.2. The summed E-state index contributed by atoms with van der Waals surface area (Å²) in [4.78, 5) is 12.4. The molecule has 0 aromatic carbocycles. The van der Waals surface area contributed by atoms with Crippen LogP contribution in [0.4, 0.5) is 0 Å². The summed E-state index contributed by atoms with van der Waals surface area (Å²) in [5.41, 5.74) is 0. The molecule has 0 saturated carbocycles. The summed E-state index contributed by atoms with van der Waals surface area (Å²) < 4.78 is 13.1. The summed E-state index contributed by atoms with van der Waals surface area (Å²) >= 11 is 0. The Bertz CT molecular complexity index is 235. The molecule has 5 nitrogen and oxygen atoms in total. The van der Waals surface area contributed by atoms with E-state index < -0.39 is 17.0 Å². The number of aliphatic carboxylic acids is 1. The van der Waals surface area contributed by atoms with E-state index in [-0.39, 0.29) is 6.54 Å². The van der Waals surface area contributed by atoms with Gasteiger partial charge in [-0.1, -0.05) is 0 Å². The van der Waals surface area contributed by atoms with Crippen molar-refractivity contribution in [2.24, 2.45) is 0 Å². The van der Waals surface area contributed by atoms with Crippen LogP contribution in [0.3, 0.4) is 0 Å². The topological polar surface area (TPSA) is 60.9 Å². The van der Waals surface area contributed by atoms with Crippen molar-refractivity contribution in [1.82, 2.24) is 9.21 Å². The first-order valence-electron chi connectivity index (χ1n) is 4.62. The summed E-state index contributed by atoms with van der Waals surface area (Å²) in [6.45, 7) is 3.03. The standard InChI is InChI=1S/C8H16N2O3S/c1-14(13)10-4-2-3-9(5-6-10)7-8(11)12/h2-7H2,1H3,(H,11,12). The number of carboxylic acid groups (broad SMARTS) is 1. The van der Waals surface area contributed by atoms with E-state index in [1.54, 1.807) is 6.26 Å². The Hall–Kier alpha value is -0.460. The van der Waals surface area contributed by atoms with Gasteiger partial charge in [0.05, 0.1) is 17.5 Å². The van der Waals surface area contributed by atoms with Crippen molar-refractivity contribution in [3.63, 3.8) is 0 Å². The van der Waals surface area contributed by atoms with Gasteiger partial charge < -0.3 is 5.11 Å². The molecule has 0 aromatic rings. The fraction of sp³-hybridized carbons (Fsp3) is 0.875. The van der Waals surface area contributed by atoms with Gasteiger partial charge >= 0.3 is 5.97 Å². The Kier molecular flexibility index (Phi) is 4.50. The molecular formula is C8H16N2O3S. The van der Waals surface area contributed by atoms with Crippen molar-refractivity contribution in [2.45, 2.75) is 6.42 Å². The number of hydrogen-bond donors (Lipinski definition) is 1.